The van der Waals surface area contributed by atoms with Gasteiger partial charge in [-0.25, -0.2) is 0 Å². The third-order valence-electron chi connectivity index (χ3n) is 4.10. The summed E-state index contributed by atoms with van der Waals surface area (Å²) in [6.45, 7) is 8.87. The van der Waals surface area contributed by atoms with E-state index in [1.54, 1.807) is 0 Å². The summed E-state index contributed by atoms with van der Waals surface area (Å²) < 4.78 is 5.94. The molecule has 3 aromatic rings. The van der Waals surface area contributed by atoms with Crippen LogP contribution in [-0.4, -0.2) is 7.28 Å². The summed E-state index contributed by atoms with van der Waals surface area (Å²) in [5, 5.41) is 1.17. The van der Waals surface area contributed by atoms with Crippen molar-refractivity contribution in [2.45, 2.75) is 39.5 Å². The highest BCUT2D eigenvalue weighted by Crippen LogP contribution is 2.25. The molecule has 0 N–H and O–H groups in total. The van der Waals surface area contributed by atoms with Crippen molar-refractivity contribution in [3.05, 3.63) is 59.7 Å². The van der Waals surface area contributed by atoms with Crippen molar-refractivity contribution in [2.75, 3.05) is 0 Å². The molecular formula is C20H22BO. The summed E-state index contributed by atoms with van der Waals surface area (Å²) in [6.07, 6.45) is 1.07. The van der Waals surface area contributed by atoms with Gasteiger partial charge in [-0.15, -0.1) is 0 Å². The highest BCUT2D eigenvalue weighted by molar-refractivity contribution is 6.66. The van der Waals surface area contributed by atoms with Gasteiger partial charge < -0.3 is 4.42 Å². The second-order valence-electron chi connectivity index (χ2n) is 6.89. The molecule has 0 fully saturated rings. The van der Waals surface area contributed by atoms with E-state index in [9.17, 15) is 0 Å². The van der Waals surface area contributed by atoms with Gasteiger partial charge >= 0.3 is 0 Å². The molecule has 1 nitrogen and oxygen atoms in total. The number of fused-ring (bicyclic) bond motifs is 1. The van der Waals surface area contributed by atoms with Crippen molar-refractivity contribution in [1.29, 1.82) is 0 Å². The van der Waals surface area contributed by atoms with Gasteiger partial charge in [-0.05, 0) is 41.2 Å². The second-order valence-corrected chi connectivity index (χ2v) is 6.89. The standard InChI is InChI=1S/C20H22BO/c1-5-14-6-9-17(10-7-14)21-19-13-15-12-16(20(2,3)4)8-11-18(15)22-19/h6-13H,5H2,1-4H3. The van der Waals surface area contributed by atoms with Crippen molar-refractivity contribution in [3.63, 3.8) is 0 Å². The highest BCUT2D eigenvalue weighted by Gasteiger charge is 2.15. The lowest BCUT2D eigenvalue weighted by atomic mass is 9.68. The maximum absolute atomic E-state index is 5.94. The summed E-state index contributed by atoms with van der Waals surface area (Å²) in [6, 6.07) is 17.2. The van der Waals surface area contributed by atoms with E-state index in [0.29, 0.717) is 0 Å². The maximum Gasteiger partial charge on any atom is 0.240 e. The van der Waals surface area contributed by atoms with Crippen LogP contribution in [0.5, 0.6) is 0 Å². The Morgan fingerprint density at radius 1 is 0.955 bits per heavy atom. The Hall–Kier alpha value is -1.96. The van der Waals surface area contributed by atoms with E-state index in [1.165, 1.54) is 22.0 Å². The van der Waals surface area contributed by atoms with E-state index < -0.39 is 0 Å². The SMILES string of the molecule is CCc1ccc([B]c2cc3cc(C(C)(C)C)ccc3o2)cc1. The molecule has 2 heteroatoms. The maximum atomic E-state index is 5.94. The van der Waals surface area contributed by atoms with Crippen LogP contribution in [0.3, 0.4) is 0 Å². The summed E-state index contributed by atoms with van der Waals surface area (Å²) in [5.74, 6) is 0. The van der Waals surface area contributed by atoms with Crippen LogP contribution in [0, 0.1) is 0 Å². The summed E-state index contributed by atoms with van der Waals surface area (Å²) in [4.78, 5) is 0. The molecule has 0 atom stereocenters. The number of hydrogen-bond acceptors (Lipinski definition) is 1. The fraction of sp³-hybridized carbons (Fsp3) is 0.300. The quantitative estimate of drug-likeness (QED) is 0.665. The third-order valence-corrected chi connectivity index (χ3v) is 4.10. The zero-order chi connectivity index (χ0) is 15.7. The van der Waals surface area contributed by atoms with E-state index in [-0.39, 0.29) is 5.41 Å². The zero-order valence-corrected chi connectivity index (χ0v) is 13.8. The number of rotatable bonds is 3. The minimum Gasteiger partial charge on any atom is -0.472 e. The van der Waals surface area contributed by atoms with Crippen molar-refractivity contribution in [3.8, 4) is 0 Å². The van der Waals surface area contributed by atoms with Crippen molar-refractivity contribution in [2.24, 2.45) is 0 Å². The van der Waals surface area contributed by atoms with Crippen molar-refractivity contribution >= 4 is 29.4 Å². The molecule has 0 amide bonds. The highest BCUT2D eigenvalue weighted by atomic mass is 16.3. The fourth-order valence-electron chi connectivity index (χ4n) is 2.62. The van der Waals surface area contributed by atoms with Gasteiger partial charge in [0.05, 0.1) is 5.66 Å². The molecular weight excluding hydrogens is 267 g/mol. The van der Waals surface area contributed by atoms with Crippen LogP contribution >= 0.6 is 0 Å². The molecule has 1 heterocycles. The molecule has 0 saturated carbocycles. The Kier molecular flexibility index (Phi) is 3.86. The van der Waals surface area contributed by atoms with E-state index in [0.717, 1.165) is 17.7 Å². The molecule has 0 aliphatic heterocycles. The molecule has 0 aliphatic carbocycles. The normalized spacial score (nSPS) is 11.8. The minimum atomic E-state index is 0.158. The molecule has 0 aliphatic rings. The molecule has 3 rings (SSSR count). The van der Waals surface area contributed by atoms with Crippen LogP contribution in [0.15, 0.2) is 52.9 Å². The smallest absolute Gasteiger partial charge is 0.240 e. The van der Waals surface area contributed by atoms with Crippen LogP contribution in [0.4, 0.5) is 0 Å². The molecule has 1 aromatic heterocycles. The van der Waals surface area contributed by atoms with Gasteiger partial charge in [-0.2, -0.15) is 0 Å². The average Bonchev–Trinajstić information content (AvgIpc) is 2.88. The van der Waals surface area contributed by atoms with Gasteiger partial charge in [0, 0.05) is 5.39 Å². The first kappa shape index (κ1) is 15.0. The van der Waals surface area contributed by atoms with Crippen LogP contribution in [-0.2, 0) is 11.8 Å². The molecule has 0 spiro atoms. The van der Waals surface area contributed by atoms with Gasteiger partial charge in [-0.1, -0.05) is 63.5 Å². The Morgan fingerprint density at radius 2 is 1.68 bits per heavy atom. The molecule has 0 saturated heterocycles. The van der Waals surface area contributed by atoms with Crippen LogP contribution < -0.4 is 11.1 Å². The zero-order valence-electron chi connectivity index (χ0n) is 13.8. The molecule has 22 heavy (non-hydrogen) atoms. The van der Waals surface area contributed by atoms with Crippen LogP contribution in [0.2, 0.25) is 0 Å². The topological polar surface area (TPSA) is 13.1 Å². The molecule has 0 unspecified atom stereocenters. The van der Waals surface area contributed by atoms with Crippen LogP contribution in [0.1, 0.15) is 38.8 Å². The van der Waals surface area contributed by atoms with E-state index in [4.69, 9.17) is 4.42 Å². The monoisotopic (exact) mass is 289 g/mol. The van der Waals surface area contributed by atoms with Crippen LogP contribution in [0.25, 0.3) is 11.0 Å². The Labute approximate surface area is 133 Å². The van der Waals surface area contributed by atoms with Gasteiger partial charge in [0.15, 0.2) is 0 Å². The second kappa shape index (κ2) is 5.68. The largest absolute Gasteiger partial charge is 0.472 e. The molecule has 1 radical (unpaired) electrons. The first-order valence-corrected chi connectivity index (χ1v) is 7.93. The predicted molar refractivity (Wildman–Crippen MR) is 95.8 cm³/mol. The molecule has 0 bridgehead atoms. The van der Waals surface area contributed by atoms with Crippen molar-refractivity contribution in [1.82, 2.24) is 0 Å². The van der Waals surface area contributed by atoms with Gasteiger partial charge in [0.2, 0.25) is 7.28 Å². The number of hydrogen-bond donors (Lipinski definition) is 0. The first-order chi connectivity index (χ1) is 10.5. The summed E-state index contributed by atoms with van der Waals surface area (Å²) >= 11 is 0. The Bertz CT molecular complexity index is 776. The van der Waals surface area contributed by atoms with E-state index >= 15 is 0 Å². The van der Waals surface area contributed by atoms with Crippen molar-refractivity contribution < 1.29 is 4.42 Å². The number of furan rings is 1. The first-order valence-electron chi connectivity index (χ1n) is 7.93. The predicted octanol–water partition coefficient (Wildman–Crippen LogP) is 3.95. The Balaban J connectivity index is 1.88. The average molecular weight is 289 g/mol. The lowest BCUT2D eigenvalue weighted by Crippen LogP contribution is -2.25. The fourth-order valence-corrected chi connectivity index (χ4v) is 2.62. The minimum absolute atomic E-state index is 0.158. The van der Waals surface area contributed by atoms with Gasteiger partial charge in [0.1, 0.15) is 5.58 Å². The lowest BCUT2D eigenvalue weighted by molar-refractivity contribution is 0.590. The lowest BCUT2D eigenvalue weighted by Gasteiger charge is -2.18. The summed E-state index contributed by atoms with van der Waals surface area (Å²) in [7, 11) is 2.09. The van der Waals surface area contributed by atoms with Gasteiger partial charge in [0.25, 0.3) is 0 Å². The summed E-state index contributed by atoms with van der Waals surface area (Å²) in [5.41, 5.74) is 5.88. The Morgan fingerprint density at radius 3 is 2.32 bits per heavy atom. The number of benzene rings is 2. The number of aryl methyl sites for hydroxylation is 1. The van der Waals surface area contributed by atoms with Gasteiger partial charge in [-0.3, -0.25) is 0 Å². The van der Waals surface area contributed by atoms with E-state index in [1.807, 2.05) is 0 Å². The third kappa shape index (κ3) is 3.11. The molecule has 111 valence electrons. The molecule has 2 aromatic carbocycles. The van der Waals surface area contributed by atoms with E-state index in [2.05, 4.69) is 83.5 Å².